The standard InChI is InChI=1S/C13H26N4/c1-4-6-7-11(5-2)13(15-14)10-12-8-9-17(3)16-12/h8-9,11,13,15H,4-7,10,14H2,1-3H3. The van der Waals surface area contributed by atoms with Crippen LogP contribution in [0, 0.1) is 5.92 Å². The number of unbranched alkanes of at least 4 members (excludes halogenated alkanes) is 1. The highest BCUT2D eigenvalue weighted by atomic mass is 15.3. The topological polar surface area (TPSA) is 55.9 Å². The lowest BCUT2D eigenvalue weighted by atomic mass is 9.89. The molecule has 98 valence electrons. The van der Waals surface area contributed by atoms with Crippen molar-refractivity contribution >= 4 is 0 Å². The fourth-order valence-corrected chi connectivity index (χ4v) is 2.32. The molecule has 0 aromatic carbocycles. The van der Waals surface area contributed by atoms with Gasteiger partial charge in [0.05, 0.1) is 5.69 Å². The molecular weight excluding hydrogens is 212 g/mol. The predicted octanol–water partition coefficient (Wildman–Crippen LogP) is 2.01. The average molecular weight is 238 g/mol. The Hall–Kier alpha value is -0.870. The summed E-state index contributed by atoms with van der Waals surface area (Å²) < 4.78 is 1.84. The zero-order valence-corrected chi connectivity index (χ0v) is 11.3. The molecule has 0 bridgehead atoms. The van der Waals surface area contributed by atoms with Crippen LogP contribution >= 0.6 is 0 Å². The molecule has 0 amide bonds. The van der Waals surface area contributed by atoms with Gasteiger partial charge in [0, 0.05) is 25.7 Å². The molecule has 2 unspecified atom stereocenters. The summed E-state index contributed by atoms with van der Waals surface area (Å²) in [4.78, 5) is 0. The second kappa shape index (κ2) is 7.45. The highest BCUT2D eigenvalue weighted by Crippen LogP contribution is 2.19. The number of nitrogens with one attached hydrogen (secondary N) is 1. The van der Waals surface area contributed by atoms with Crippen molar-refractivity contribution in [3.8, 4) is 0 Å². The number of rotatable bonds is 8. The molecule has 0 aliphatic heterocycles. The van der Waals surface area contributed by atoms with Crippen LogP contribution in [0.25, 0.3) is 0 Å². The van der Waals surface area contributed by atoms with Gasteiger partial charge in [0.2, 0.25) is 0 Å². The third-order valence-corrected chi connectivity index (χ3v) is 3.43. The Bertz CT molecular complexity index is 308. The third kappa shape index (κ3) is 4.48. The van der Waals surface area contributed by atoms with E-state index < -0.39 is 0 Å². The van der Waals surface area contributed by atoms with Crippen molar-refractivity contribution in [1.29, 1.82) is 0 Å². The molecule has 0 saturated carbocycles. The first-order valence-electron chi connectivity index (χ1n) is 6.65. The van der Waals surface area contributed by atoms with Crippen molar-refractivity contribution in [1.82, 2.24) is 15.2 Å². The maximum absolute atomic E-state index is 5.69. The molecule has 4 heteroatoms. The Morgan fingerprint density at radius 3 is 2.71 bits per heavy atom. The lowest BCUT2D eigenvalue weighted by Crippen LogP contribution is -2.42. The van der Waals surface area contributed by atoms with Gasteiger partial charge in [-0.25, -0.2) is 0 Å². The number of nitrogens with zero attached hydrogens (tertiary/aromatic N) is 2. The summed E-state index contributed by atoms with van der Waals surface area (Å²) >= 11 is 0. The van der Waals surface area contributed by atoms with Crippen molar-refractivity contribution in [2.45, 2.75) is 52.0 Å². The van der Waals surface area contributed by atoms with Crippen LogP contribution in [0.5, 0.6) is 0 Å². The van der Waals surface area contributed by atoms with Crippen LogP contribution in [0.1, 0.15) is 45.2 Å². The number of hydrazine groups is 1. The van der Waals surface area contributed by atoms with E-state index in [1.54, 1.807) is 0 Å². The number of aromatic nitrogens is 2. The monoisotopic (exact) mass is 238 g/mol. The number of hydrogen-bond acceptors (Lipinski definition) is 3. The minimum Gasteiger partial charge on any atom is -0.276 e. The second-order valence-electron chi connectivity index (χ2n) is 4.77. The van der Waals surface area contributed by atoms with Crippen LogP contribution < -0.4 is 11.3 Å². The SMILES string of the molecule is CCCCC(CC)C(Cc1ccn(C)n1)NN. The molecule has 1 rings (SSSR count). The normalized spacial score (nSPS) is 14.8. The fraction of sp³-hybridized carbons (Fsp3) is 0.769. The van der Waals surface area contributed by atoms with Crippen LogP contribution in [0.4, 0.5) is 0 Å². The molecule has 2 atom stereocenters. The number of nitrogens with two attached hydrogens (primary N) is 1. The summed E-state index contributed by atoms with van der Waals surface area (Å²) in [5, 5.41) is 4.42. The molecule has 1 heterocycles. The van der Waals surface area contributed by atoms with Gasteiger partial charge in [-0.15, -0.1) is 0 Å². The van der Waals surface area contributed by atoms with E-state index in [0.717, 1.165) is 12.1 Å². The van der Waals surface area contributed by atoms with Gasteiger partial charge in [-0.2, -0.15) is 5.10 Å². The molecule has 4 nitrogen and oxygen atoms in total. The quantitative estimate of drug-likeness (QED) is 0.538. The number of hydrogen-bond donors (Lipinski definition) is 2. The predicted molar refractivity (Wildman–Crippen MR) is 71.3 cm³/mol. The van der Waals surface area contributed by atoms with Crippen molar-refractivity contribution in [3.63, 3.8) is 0 Å². The molecular formula is C13H26N4. The Kier molecular flexibility index (Phi) is 6.22. The molecule has 1 aromatic rings. The smallest absolute Gasteiger partial charge is 0.0640 e. The van der Waals surface area contributed by atoms with E-state index in [1.807, 2.05) is 17.9 Å². The summed E-state index contributed by atoms with van der Waals surface area (Å²) in [6.07, 6.45) is 7.84. The third-order valence-electron chi connectivity index (χ3n) is 3.43. The van der Waals surface area contributed by atoms with Gasteiger partial charge < -0.3 is 0 Å². The fourth-order valence-electron chi connectivity index (χ4n) is 2.32. The number of aryl methyl sites for hydroxylation is 1. The molecule has 0 aliphatic carbocycles. The van der Waals surface area contributed by atoms with E-state index in [4.69, 9.17) is 5.84 Å². The summed E-state index contributed by atoms with van der Waals surface area (Å²) in [5.74, 6) is 6.33. The van der Waals surface area contributed by atoms with E-state index in [2.05, 4.69) is 30.4 Å². The van der Waals surface area contributed by atoms with Crippen LogP contribution in [-0.2, 0) is 13.5 Å². The first kappa shape index (κ1) is 14.2. The largest absolute Gasteiger partial charge is 0.276 e. The van der Waals surface area contributed by atoms with Crippen LogP contribution in [0.15, 0.2) is 12.3 Å². The van der Waals surface area contributed by atoms with Gasteiger partial charge in [-0.05, 0) is 18.4 Å². The van der Waals surface area contributed by atoms with Crippen molar-refractivity contribution in [2.24, 2.45) is 18.8 Å². The van der Waals surface area contributed by atoms with Crippen molar-refractivity contribution in [3.05, 3.63) is 18.0 Å². The Labute approximate surface area is 105 Å². The Morgan fingerprint density at radius 1 is 1.47 bits per heavy atom. The van der Waals surface area contributed by atoms with Crippen LogP contribution in [-0.4, -0.2) is 15.8 Å². The molecule has 3 N–H and O–H groups in total. The van der Waals surface area contributed by atoms with E-state index in [-0.39, 0.29) is 0 Å². The van der Waals surface area contributed by atoms with Gasteiger partial charge in [-0.1, -0.05) is 33.1 Å². The summed E-state index contributed by atoms with van der Waals surface area (Å²) in [5.41, 5.74) is 4.09. The highest BCUT2D eigenvalue weighted by Gasteiger charge is 2.19. The van der Waals surface area contributed by atoms with Gasteiger partial charge in [0.1, 0.15) is 0 Å². The van der Waals surface area contributed by atoms with E-state index in [9.17, 15) is 0 Å². The van der Waals surface area contributed by atoms with Crippen molar-refractivity contribution in [2.75, 3.05) is 0 Å². The molecule has 0 fully saturated rings. The summed E-state index contributed by atoms with van der Waals surface area (Å²) in [6, 6.07) is 2.40. The maximum atomic E-state index is 5.69. The van der Waals surface area contributed by atoms with Crippen LogP contribution in [0.3, 0.4) is 0 Å². The zero-order chi connectivity index (χ0) is 12.7. The summed E-state index contributed by atoms with van der Waals surface area (Å²) in [6.45, 7) is 4.47. The molecule has 0 saturated heterocycles. The molecule has 0 aliphatic rings. The van der Waals surface area contributed by atoms with E-state index >= 15 is 0 Å². The minimum absolute atomic E-state index is 0.335. The van der Waals surface area contributed by atoms with Gasteiger partial charge in [0.25, 0.3) is 0 Å². The second-order valence-corrected chi connectivity index (χ2v) is 4.77. The summed E-state index contributed by atoms with van der Waals surface area (Å²) in [7, 11) is 1.95. The molecule has 0 spiro atoms. The molecule has 17 heavy (non-hydrogen) atoms. The first-order valence-corrected chi connectivity index (χ1v) is 6.65. The van der Waals surface area contributed by atoms with Crippen molar-refractivity contribution < 1.29 is 0 Å². The Morgan fingerprint density at radius 2 is 2.24 bits per heavy atom. The van der Waals surface area contributed by atoms with Gasteiger partial charge in [-0.3, -0.25) is 16.0 Å². The van der Waals surface area contributed by atoms with Crippen LogP contribution in [0.2, 0.25) is 0 Å². The molecule has 0 radical (unpaired) electrons. The van der Waals surface area contributed by atoms with Gasteiger partial charge in [0.15, 0.2) is 0 Å². The highest BCUT2D eigenvalue weighted by molar-refractivity contribution is 5.01. The van der Waals surface area contributed by atoms with E-state index in [1.165, 1.54) is 25.7 Å². The average Bonchev–Trinajstić information content (AvgIpc) is 2.74. The zero-order valence-electron chi connectivity index (χ0n) is 11.3. The molecule has 1 aromatic heterocycles. The van der Waals surface area contributed by atoms with Gasteiger partial charge >= 0.3 is 0 Å². The lowest BCUT2D eigenvalue weighted by molar-refractivity contribution is 0.316. The minimum atomic E-state index is 0.335. The van der Waals surface area contributed by atoms with E-state index in [0.29, 0.717) is 12.0 Å². The maximum Gasteiger partial charge on any atom is 0.0640 e. The Balaban J connectivity index is 2.56. The first-order chi connectivity index (χ1) is 8.21. The lowest BCUT2D eigenvalue weighted by Gasteiger charge is -2.25.